The SMILES string of the molecule is CC1C(=O)C2(C)C3(C)C1(C)C23C. The fourth-order valence-electron chi connectivity index (χ4n) is 5.31. The van der Waals surface area contributed by atoms with E-state index in [1.807, 2.05) is 0 Å². The van der Waals surface area contributed by atoms with Crippen molar-refractivity contribution in [3.63, 3.8) is 0 Å². The summed E-state index contributed by atoms with van der Waals surface area (Å²) in [7, 11) is 0. The Bertz CT molecular complexity index is 298. The summed E-state index contributed by atoms with van der Waals surface area (Å²) in [5.41, 5.74) is 1.09. The van der Waals surface area contributed by atoms with Crippen LogP contribution < -0.4 is 0 Å². The highest BCUT2D eigenvalue weighted by Gasteiger charge is 3.11. The highest BCUT2D eigenvalue weighted by molar-refractivity contribution is 6.04. The first-order valence-corrected chi connectivity index (χ1v) is 4.86. The molecular formula is C11H16O. The van der Waals surface area contributed by atoms with E-state index in [2.05, 4.69) is 34.6 Å². The molecule has 4 saturated carbocycles. The van der Waals surface area contributed by atoms with Gasteiger partial charge in [-0.05, 0) is 16.2 Å². The molecule has 0 aliphatic heterocycles. The Kier molecular flexibility index (Phi) is 0.672. The van der Waals surface area contributed by atoms with Crippen LogP contribution in [-0.4, -0.2) is 5.78 Å². The van der Waals surface area contributed by atoms with Crippen molar-refractivity contribution in [1.29, 1.82) is 0 Å². The largest absolute Gasteiger partial charge is 0.299 e. The number of carbonyl (C=O) groups excluding carboxylic acids is 1. The lowest BCUT2D eigenvalue weighted by Crippen LogP contribution is -2.22. The summed E-state index contributed by atoms with van der Waals surface area (Å²) in [4.78, 5) is 11.9. The lowest BCUT2D eigenvalue weighted by atomic mass is 9.78. The molecule has 66 valence electrons. The number of carbonyl (C=O) groups is 1. The molecule has 1 heteroatoms. The van der Waals surface area contributed by atoms with Gasteiger partial charge in [-0.3, -0.25) is 4.79 Å². The van der Waals surface area contributed by atoms with Crippen LogP contribution in [0.15, 0.2) is 0 Å². The molecule has 0 radical (unpaired) electrons. The second kappa shape index (κ2) is 1.13. The molecule has 0 aromatic heterocycles. The van der Waals surface area contributed by atoms with Crippen LogP contribution in [0.3, 0.4) is 0 Å². The summed E-state index contributed by atoms with van der Waals surface area (Å²) in [6.07, 6.45) is 0. The van der Waals surface area contributed by atoms with Crippen molar-refractivity contribution in [2.24, 2.45) is 27.6 Å². The predicted molar refractivity (Wildman–Crippen MR) is 46.6 cm³/mol. The first-order chi connectivity index (χ1) is 5.32. The van der Waals surface area contributed by atoms with Gasteiger partial charge in [0.25, 0.3) is 0 Å². The minimum Gasteiger partial charge on any atom is -0.299 e. The lowest BCUT2D eigenvalue weighted by Gasteiger charge is -2.24. The molecule has 4 rings (SSSR count). The molecule has 0 N–H and O–H groups in total. The van der Waals surface area contributed by atoms with Gasteiger partial charge >= 0.3 is 0 Å². The van der Waals surface area contributed by atoms with E-state index in [0.29, 0.717) is 27.9 Å². The summed E-state index contributed by atoms with van der Waals surface area (Å²) >= 11 is 0. The van der Waals surface area contributed by atoms with Gasteiger partial charge in [-0.2, -0.15) is 0 Å². The fourth-order valence-corrected chi connectivity index (χ4v) is 5.31. The zero-order chi connectivity index (χ0) is 9.15. The second-order valence-electron chi connectivity index (χ2n) is 5.66. The van der Waals surface area contributed by atoms with Crippen molar-refractivity contribution in [2.75, 3.05) is 0 Å². The number of Topliss-reactive ketones (excluding diaryl/α,β-unsaturated/α-hetero) is 1. The minimum absolute atomic E-state index is 0.0498. The number of fused-ring (bicyclic) bond motifs is 1. The molecule has 2 bridgehead atoms. The molecule has 1 nitrogen and oxygen atoms in total. The van der Waals surface area contributed by atoms with Crippen molar-refractivity contribution in [2.45, 2.75) is 34.6 Å². The van der Waals surface area contributed by atoms with Crippen LogP contribution in [0.25, 0.3) is 0 Å². The average Bonchev–Trinajstić information content (AvgIpc) is 2.59. The molecule has 0 spiro atoms. The molecule has 0 heterocycles. The first-order valence-electron chi connectivity index (χ1n) is 4.86. The maximum Gasteiger partial charge on any atom is 0.143 e. The number of rotatable bonds is 0. The number of ketones is 1. The van der Waals surface area contributed by atoms with Gasteiger partial charge in [0.15, 0.2) is 0 Å². The van der Waals surface area contributed by atoms with E-state index in [0.717, 1.165) is 0 Å². The second-order valence-corrected chi connectivity index (χ2v) is 5.66. The van der Waals surface area contributed by atoms with Crippen LogP contribution in [0.2, 0.25) is 0 Å². The Hall–Kier alpha value is -0.330. The van der Waals surface area contributed by atoms with Crippen LogP contribution >= 0.6 is 0 Å². The molecule has 4 aliphatic carbocycles. The maximum atomic E-state index is 11.9. The van der Waals surface area contributed by atoms with Crippen LogP contribution in [0.5, 0.6) is 0 Å². The van der Waals surface area contributed by atoms with E-state index in [1.54, 1.807) is 0 Å². The standard InChI is InChI=1S/C11H16O/c1-6-7(12)9(3)10(4)8(6,2)11(9,10)5/h6H,1-5H3. The van der Waals surface area contributed by atoms with Gasteiger partial charge in [0.2, 0.25) is 0 Å². The summed E-state index contributed by atoms with van der Waals surface area (Å²) in [6, 6.07) is 0. The Morgan fingerprint density at radius 1 is 1.08 bits per heavy atom. The molecular weight excluding hydrogens is 148 g/mol. The Morgan fingerprint density at radius 3 is 1.58 bits per heavy atom. The van der Waals surface area contributed by atoms with Gasteiger partial charge < -0.3 is 0 Å². The summed E-state index contributed by atoms with van der Waals surface area (Å²) in [5.74, 6) is 0.826. The van der Waals surface area contributed by atoms with Gasteiger partial charge in [0.05, 0.1) is 0 Å². The Labute approximate surface area is 73.5 Å². The van der Waals surface area contributed by atoms with Crippen molar-refractivity contribution in [1.82, 2.24) is 0 Å². The third-order valence-electron chi connectivity index (χ3n) is 6.70. The van der Waals surface area contributed by atoms with Gasteiger partial charge in [-0.15, -0.1) is 0 Å². The van der Waals surface area contributed by atoms with E-state index in [4.69, 9.17) is 0 Å². The Morgan fingerprint density at radius 2 is 1.50 bits per heavy atom. The molecule has 12 heavy (non-hydrogen) atoms. The number of hydrogen-bond acceptors (Lipinski definition) is 1. The highest BCUT2D eigenvalue weighted by atomic mass is 16.1. The lowest BCUT2D eigenvalue weighted by molar-refractivity contribution is -0.124. The average molecular weight is 164 g/mol. The smallest absolute Gasteiger partial charge is 0.143 e. The van der Waals surface area contributed by atoms with E-state index in [9.17, 15) is 4.79 Å². The molecule has 0 aromatic rings. The molecule has 3 atom stereocenters. The topological polar surface area (TPSA) is 17.1 Å². The first kappa shape index (κ1) is 7.11. The van der Waals surface area contributed by atoms with Crippen molar-refractivity contribution in [3.05, 3.63) is 0 Å². The molecule has 0 saturated heterocycles. The summed E-state index contributed by atoms with van der Waals surface area (Å²) in [6.45, 7) is 11.2. The van der Waals surface area contributed by atoms with E-state index < -0.39 is 0 Å². The van der Waals surface area contributed by atoms with Crippen LogP contribution in [0.1, 0.15) is 34.6 Å². The van der Waals surface area contributed by atoms with E-state index in [-0.39, 0.29) is 5.41 Å². The van der Waals surface area contributed by atoms with E-state index >= 15 is 0 Å². The van der Waals surface area contributed by atoms with Crippen LogP contribution in [0, 0.1) is 27.6 Å². The quantitative estimate of drug-likeness (QED) is 0.536. The van der Waals surface area contributed by atoms with E-state index in [1.165, 1.54) is 0 Å². The van der Waals surface area contributed by atoms with Crippen LogP contribution in [-0.2, 0) is 4.79 Å². The third-order valence-corrected chi connectivity index (χ3v) is 6.70. The highest BCUT2D eigenvalue weighted by Crippen LogP contribution is 3.11. The van der Waals surface area contributed by atoms with Gasteiger partial charge in [0, 0.05) is 11.3 Å². The monoisotopic (exact) mass is 164 g/mol. The molecule has 4 aliphatic rings. The van der Waals surface area contributed by atoms with Crippen molar-refractivity contribution >= 4 is 5.78 Å². The fraction of sp³-hybridized carbons (Fsp3) is 0.909. The Balaban J connectivity index is 2.27. The minimum atomic E-state index is 0.0498. The predicted octanol–water partition coefficient (Wildman–Crippen LogP) is 2.26. The third kappa shape index (κ3) is 0.226. The summed E-state index contributed by atoms with van der Waals surface area (Å²) in [5, 5.41) is 0. The van der Waals surface area contributed by atoms with Gasteiger partial charge in [0.1, 0.15) is 5.78 Å². The maximum absolute atomic E-state index is 11.9. The molecule has 4 fully saturated rings. The molecule has 3 unspecified atom stereocenters. The van der Waals surface area contributed by atoms with Crippen molar-refractivity contribution < 1.29 is 4.79 Å². The molecule has 0 aromatic carbocycles. The zero-order valence-corrected chi connectivity index (χ0v) is 8.49. The summed E-state index contributed by atoms with van der Waals surface area (Å²) < 4.78 is 0. The van der Waals surface area contributed by atoms with Gasteiger partial charge in [-0.1, -0.05) is 34.6 Å². The van der Waals surface area contributed by atoms with Crippen LogP contribution in [0.4, 0.5) is 0 Å². The van der Waals surface area contributed by atoms with Gasteiger partial charge in [-0.25, -0.2) is 0 Å². The zero-order valence-electron chi connectivity index (χ0n) is 8.49. The normalized spacial score (nSPS) is 77.4. The molecule has 0 amide bonds. The number of hydrogen-bond donors (Lipinski definition) is 0. The van der Waals surface area contributed by atoms with Crippen molar-refractivity contribution in [3.8, 4) is 0 Å².